The highest BCUT2D eigenvalue weighted by Crippen LogP contribution is 2.38. The van der Waals surface area contributed by atoms with Crippen molar-refractivity contribution >= 4 is 29.0 Å². The maximum Gasteiger partial charge on any atom is 0.226 e. The number of nitrogens with zero attached hydrogens (tertiary/aromatic N) is 5. The summed E-state index contributed by atoms with van der Waals surface area (Å²) in [6, 6.07) is 2.30. The maximum absolute atomic E-state index is 13.6. The van der Waals surface area contributed by atoms with Crippen molar-refractivity contribution in [2.45, 2.75) is 76.3 Å². The van der Waals surface area contributed by atoms with Gasteiger partial charge in [-0.2, -0.15) is 5.10 Å². The lowest BCUT2D eigenvalue weighted by atomic mass is 9.78. The second-order valence-electron chi connectivity index (χ2n) is 10.1. The molecule has 7 nitrogen and oxygen atoms in total. The van der Waals surface area contributed by atoms with E-state index in [2.05, 4.69) is 35.9 Å². The molecule has 5 atom stereocenters. The first-order chi connectivity index (χ1) is 15.4. The first-order valence-corrected chi connectivity index (χ1v) is 12.7. The van der Waals surface area contributed by atoms with E-state index in [0.29, 0.717) is 0 Å². The Bertz CT molecular complexity index is 992. The lowest BCUT2D eigenvalue weighted by Gasteiger charge is -2.40. The molecule has 1 aliphatic carbocycles. The summed E-state index contributed by atoms with van der Waals surface area (Å²) in [5.74, 6) is 1.51. The average Bonchev–Trinajstić information content (AvgIpc) is 3.40. The van der Waals surface area contributed by atoms with Crippen molar-refractivity contribution in [3.05, 3.63) is 23.5 Å². The van der Waals surface area contributed by atoms with Crippen LogP contribution in [0.5, 0.6) is 0 Å². The van der Waals surface area contributed by atoms with Gasteiger partial charge in [0.15, 0.2) is 5.65 Å². The molecule has 1 saturated carbocycles. The van der Waals surface area contributed by atoms with Gasteiger partial charge in [0, 0.05) is 54.8 Å². The largest absolute Gasteiger partial charge is 0.355 e. The third-order valence-electron chi connectivity index (χ3n) is 7.79. The quantitative estimate of drug-likeness (QED) is 0.710. The molecule has 2 aromatic rings. The highest BCUT2D eigenvalue weighted by atomic mass is 35.5. The van der Waals surface area contributed by atoms with E-state index < -0.39 is 0 Å². The van der Waals surface area contributed by atoms with Gasteiger partial charge in [-0.05, 0) is 51.4 Å². The minimum Gasteiger partial charge on any atom is -0.355 e. The lowest BCUT2D eigenvalue weighted by molar-refractivity contribution is -0.142. The van der Waals surface area contributed by atoms with Crippen molar-refractivity contribution in [3.8, 4) is 0 Å². The topological polar surface area (TPSA) is 79.8 Å². The number of alkyl halides is 1. The van der Waals surface area contributed by atoms with Crippen molar-refractivity contribution < 1.29 is 4.79 Å². The summed E-state index contributed by atoms with van der Waals surface area (Å²) < 4.78 is 1.87. The van der Waals surface area contributed by atoms with Gasteiger partial charge >= 0.3 is 0 Å². The number of aryl methyl sites for hydroxylation is 1. The van der Waals surface area contributed by atoms with E-state index in [-0.39, 0.29) is 35.2 Å². The minimum atomic E-state index is 0.0183. The summed E-state index contributed by atoms with van der Waals surface area (Å²) >= 11 is 6.54. The number of aromatic nitrogens is 3. The van der Waals surface area contributed by atoms with Gasteiger partial charge in [0.2, 0.25) is 5.91 Å². The van der Waals surface area contributed by atoms with Crippen LogP contribution < -0.4 is 10.6 Å². The number of rotatable bonds is 3. The smallest absolute Gasteiger partial charge is 0.226 e. The van der Waals surface area contributed by atoms with Gasteiger partial charge in [0.1, 0.15) is 5.82 Å². The molecule has 0 spiro atoms. The minimum absolute atomic E-state index is 0.0183. The lowest BCUT2D eigenvalue weighted by Crippen LogP contribution is -2.46. The number of anilines is 1. The third-order valence-corrected chi connectivity index (χ3v) is 8.41. The predicted octanol–water partition coefficient (Wildman–Crippen LogP) is 3.67. The van der Waals surface area contributed by atoms with Crippen LogP contribution in [0.1, 0.15) is 69.2 Å². The molecule has 5 unspecified atom stereocenters. The fraction of sp³-hybridized carbons (Fsp3) is 0.708. The summed E-state index contributed by atoms with van der Waals surface area (Å²) in [6.07, 6.45) is 9.17. The second kappa shape index (κ2) is 8.82. The molecule has 3 aliphatic rings. The molecule has 4 heterocycles. The highest BCUT2D eigenvalue weighted by molar-refractivity contribution is 6.21. The second-order valence-corrected chi connectivity index (χ2v) is 10.6. The molecule has 0 bridgehead atoms. The summed E-state index contributed by atoms with van der Waals surface area (Å²) in [6.45, 7) is 6.81. The molecule has 0 aromatic carbocycles. The number of piperidine rings is 1. The number of amides is 1. The number of fused-ring (bicyclic) bond motifs is 1. The van der Waals surface area contributed by atoms with E-state index >= 15 is 0 Å². The zero-order valence-electron chi connectivity index (χ0n) is 19.2. The van der Waals surface area contributed by atoms with Crippen LogP contribution in [0.3, 0.4) is 0 Å². The van der Waals surface area contributed by atoms with Gasteiger partial charge in [-0.3, -0.25) is 4.79 Å². The van der Waals surface area contributed by atoms with Crippen LogP contribution in [0.2, 0.25) is 0 Å². The van der Waals surface area contributed by atoms with Crippen LogP contribution in [0.4, 0.5) is 5.82 Å². The fourth-order valence-corrected chi connectivity index (χ4v) is 6.19. The SMILES string of the molecule is Cc1cn2nc(C3CCCCN3C(=O)C3CCCC(Cl)C3C)cc2nc1N1CCC(N)C1. The van der Waals surface area contributed by atoms with E-state index in [4.69, 9.17) is 27.4 Å². The van der Waals surface area contributed by atoms with Gasteiger partial charge < -0.3 is 15.5 Å². The maximum atomic E-state index is 13.6. The van der Waals surface area contributed by atoms with Crippen molar-refractivity contribution in [1.82, 2.24) is 19.5 Å². The highest BCUT2D eigenvalue weighted by Gasteiger charge is 2.39. The van der Waals surface area contributed by atoms with E-state index in [0.717, 1.165) is 87.3 Å². The number of likely N-dealkylation sites (tertiary alicyclic amines) is 1. The zero-order valence-corrected chi connectivity index (χ0v) is 20.0. The molecule has 3 fully saturated rings. The van der Waals surface area contributed by atoms with Crippen molar-refractivity contribution in [2.24, 2.45) is 17.6 Å². The monoisotopic (exact) mass is 458 g/mol. The molecule has 2 aliphatic heterocycles. The van der Waals surface area contributed by atoms with Gasteiger partial charge in [0.05, 0.1) is 11.7 Å². The van der Waals surface area contributed by atoms with Crippen LogP contribution in [0, 0.1) is 18.8 Å². The van der Waals surface area contributed by atoms with Crippen LogP contribution in [-0.4, -0.2) is 56.5 Å². The Morgan fingerprint density at radius 1 is 1.16 bits per heavy atom. The molecular weight excluding hydrogens is 424 g/mol. The Morgan fingerprint density at radius 3 is 2.78 bits per heavy atom. The van der Waals surface area contributed by atoms with Gasteiger partial charge in [-0.1, -0.05) is 13.3 Å². The number of hydrogen-bond donors (Lipinski definition) is 1. The summed E-state index contributed by atoms with van der Waals surface area (Å²) in [5.41, 5.74) is 9.01. The predicted molar refractivity (Wildman–Crippen MR) is 127 cm³/mol. The zero-order chi connectivity index (χ0) is 22.4. The number of carbonyl (C=O) groups is 1. The van der Waals surface area contributed by atoms with E-state index in [1.165, 1.54) is 0 Å². The Hall–Kier alpha value is -1.86. The molecule has 8 heteroatoms. The van der Waals surface area contributed by atoms with Crippen molar-refractivity contribution in [2.75, 3.05) is 24.5 Å². The molecule has 5 rings (SSSR count). The molecule has 2 aromatic heterocycles. The number of hydrogen-bond acceptors (Lipinski definition) is 5. The van der Waals surface area contributed by atoms with Gasteiger partial charge in [-0.25, -0.2) is 9.50 Å². The number of nitrogens with two attached hydrogens (primary N) is 1. The molecule has 174 valence electrons. The molecule has 0 radical (unpaired) electrons. The fourth-order valence-electron chi connectivity index (χ4n) is 5.86. The Balaban J connectivity index is 1.43. The molecule has 2 N–H and O–H groups in total. The summed E-state index contributed by atoms with van der Waals surface area (Å²) in [4.78, 5) is 22.9. The van der Waals surface area contributed by atoms with E-state index in [1.807, 2.05) is 4.52 Å². The van der Waals surface area contributed by atoms with Gasteiger partial charge in [-0.15, -0.1) is 11.6 Å². The van der Waals surface area contributed by atoms with Crippen molar-refractivity contribution in [3.63, 3.8) is 0 Å². The van der Waals surface area contributed by atoms with Crippen LogP contribution >= 0.6 is 11.6 Å². The number of halogens is 1. The standard InChI is InChI=1S/C24H35ClN6O/c1-15-13-31-22(27-23(15)29-11-9-17(26)14-29)12-20(28-31)21-8-3-4-10-30(21)24(32)18-6-5-7-19(25)16(18)2/h12-13,16-19,21H,3-11,14,26H2,1-2H3. The van der Waals surface area contributed by atoms with Crippen LogP contribution in [0.15, 0.2) is 12.3 Å². The van der Waals surface area contributed by atoms with Crippen LogP contribution in [0.25, 0.3) is 5.65 Å². The normalized spacial score (nSPS) is 31.4. The summed E-state index contributed by atoms with van der Waals surface area (Å²) in [7, 11) is 0. The molecule has 32 heavy (non-hydrogen) atoms. The molecular formula is C24H35ClN6O. The Labute approximate surface area is 195 Å². The van der Waals surface area contributed by atoms with Crippen molar-refractivity contribution in [1.29, 1.82) is 0 Å². The average molecular weight is 459 g/mol. The Kier molecular flexibility index (Phi) is 6.05. The first kappa shape index (κ1) is 22.0. The Morgan fingerprint density at radius 2 is 2.00 bits per heavy atom. The summed E-state index contributed by atoms with van der Waals surface area (Å²) in [5, 5.41) is 4.98. The first-order valence-electron chi connectivity index (χ1n) is 12.2. The van der Waals surface area contributed by atoms with E-state index in [1.54, 1.807) is 0 Å². The number of carbonyl (C=O) groups excluding carboxylic acids is 1. The van der Waals surface area contributed by atoms with Crippen LogP contribution in [-0.2, 0) is 4.79 Å². The van der Waals surface area contributed by atoms with Gasteiger partial charge in [0.25, 0.3) is 0 Å². The third kappa shape index (κ3) is 3.98. The molecule has 1 amide bonds. The molecule has 2 saturated heterocycles. The van der Waals surface area contributed by atoms with E-state index in [9.17, 15) is 4.79 Å².